The highest BCUT2D eigenvalue weighted by Crippen LogP contribution is 2.29. The number of carbonyl (C=O) groups is 1. The molecule has 23 heavy (non-hydrogen) atoms. The third kappa shape index (κ3) is 3.46. The number of carbonyl (C=O) groups excluding carboxylic acids is 1. The molecule has 0 unspecified atom stereocenters. The third-order valence-electron chi connectivity index (χ3n) is 3.64. The molecule has 1 amide bonds. The maximum Gasteiger partial charge on any atom is 0.271 e. The zero-order valence-electron chi connectivity index (χ0n) is 12.0. The minimum atomic E-state index is -0.535. The zero-order valence-corrected chi connectivity index (χ0v) is 13.6. The quantitative estimate of drug-likeness (QED) is 0.625. The normalized spacial score (nSPS) is 13.5. The van der Waals surface area contributed by atoms with E-state index in [1.165, 1.54) is 28.6 Å². The van der Waals surface area contributed by atoms with Crippen molar-refractivity contribution in [2.75, 3.05) is 13.2 Å². The Morgan fingerprint density at radius 3 is 3.00 bits per heavy atom. The minimum Gasteiger partial charge on any atom is -0.482 e. The average Bonchev–Trinajstić information content (AvgIpc) is 3.00. The molecular weight excluding hydrogens is 340 g/mol. The highest BCUT2D eigenvalue weighted by atomic mass is 35.5. The summed E-state index contributed by atoms with van der Waals surface area (Å²) in [7, 11) is 0. The Balaban J connectivity index is 1.60. The Morgan fingerprint density at radius 1 is 1.43 bits per heavy atom. The van der Waals surface area contributed by atoms with Gasteiger partial charge in [-0.15, -0.1) is 11.3 Å². The number of fused-ring (bicyclic) bond motifs is 1. The number of thiophene rings is 1. The highest BCUT2D eigenvalue weighted by molar-refractivity contribution is 7.10. The molecule has 0 radical (unpaired) electrons. The first-order valence-corrected chi connectivity index (χ1v) is 8.20. The molecule has 120 valence electrons. The number of benzene rings is 1. The van der Waals surface area contributed by atoms with Crippen LogP contribution in [-0.4, -0.2) is 28.9 Å². The summed E-state index contributed by atoms with van der Waals surface area (Å²) in [5.41, 5.74) is 1.07. The van der Waals surface area contributed by atoms with E-state index in [2.05, 4.69) is 0 Å². The van der Waals surface area contributed by atoms with Gasteiger partial charge < -0.3 is 9.64 Å². The molecule has 1 aliphatic heterocycles. The van der Waals surface area contributed by atoms with E-state index in [9.17, 15) is 14.9 Å². The van der Waals surface area contributed by atoms with Gasteiger partial charge in [-0.1, -0.05) is 11.6 Å². The van der Waals surface area contributed by atoms with Gasteiger partial charge in [0.25, 0.3) is 11.6 Å². The molecule has 6 nitrogen and oxygen atoms in total. The van der Waals surface area contributed by atoms with Crippen molar-refractivity contribution >= 4 is 34.5 Å². The summed E-state index contributed by atoms with van der Waals surface area (Å²) < 4.78 is 5.41. The zero-order chi connectivity index (χ0) is 16.4. The van der Waals surface area contributed by atoms with E-state index < -0.39 is 4.92 Å². The number of nitrogens with zero attached hydrogens (tertiary/aromatic N) is 2. The third-order valence-corrected chi connectivity index (χ3v) is 4.96. The second kappa shape index (κ2) is 6.55. The number of nitro benzene ring substituents is 1. The van der Waals surface area contributed by atoms with Gasteiger partial charge in [0, 0.05) is 30.1 Å². The van der Waals surface area contributed by atoms with Crippen molar-refractivity contribution in [2.24, 2.45) is 0 Å². The molecule has 0 bridgehead atoms. The van der Waals surface area contributed by atoms with Crippen LogP contribution in [0.3, 0.4) is 0 Å². The average molecular weight is 353 g/mol. The molecule has 1 aromatic heterocycles. The lowest BCUT2D eigenvalue weighted by Crippen LogP contribution is -2.38. The summed E-state index contributed by atoms with van der Waals surface area (Å²) in [5, 5.41) is 12.8. The lowest BCUT2D eigenvalue weighted by molar-refractivity contribution is -0.384. The largest absolute Gasteiger partial charge is 0.482 e. The molecule has 2 aromatic rings. The van der Waals surface area contributed by atoms with E-state index in [1.54, 1.807) is 16.2 Å². The fourth-order valence-electron chi connectivity index (χ4n) is 2.41. The molecule has 0 N–H and O–H groups in total. The smallest absolute Gasteiger partial charge is 0.271 e. The standard InChI is InChI=1S/C15H13ClN2O4S/c16-12-7-11(18(20)21)1-2-13(12)22-9-15(19)17-5-3-14-10(8-17)4-6-23-14/h1-2,4,6-7H,3,5,8-9H2. The molecule has 2 heterocycles. The van der Waals surface area contributed by atoms with Crippen molar-refractivity contribution < 1.29 is 14.5 Å². The molecule has 1 aliphatic rings. The highest BCUT2D eigenvalue weighted by Gasteiger charge is 2.22. The molecule has 0 atom stereocenters. The van der Waals surface area contributed by atoms with Gasteiger partial charge in [0.15, 0.2) is 6.61 Å². The predicted octanol–water partition coefficient (Wildman–Crippen LogP) is 3.27. The lowest BCUT2D eigenvalue weighted by Gasteiger charge is -2.27. The van der Waals surface area contributed by atoms with Crippen LogP contribution in [0.5, 0.6) is 5.75 Å². The molecule has 0 saturated heterocycles. The van der Waals surface area contributed by atoms with E-state index in [1.807, 2.05) is 11.4 Å². The fourth-order valence-corrected chi connectivity index (χ4v) is 3.53. The first-order valence-electron chi connectivity index (χ1n) is 6.94. The van der Waals surface area contributed by atoms with Crippen LogP contribution < -0.4 is 4.74 Å². The second-order valence-electron chi connectivity index (χ2n) is 5.09. The Bertz CT molecular complexity index is 762. The molecule has 8 heteroatoms. The SMILES string of the molecule is O=C(COc1ccc([N+](=O)[O-])cc1Cl)N1CCc2sccc2C1. The van der Waals surface area contributed by atoms with E-state index in [0.29, 0.717) is 13.1 Å². The summed E-state index contributed by atoms with van der Waals surface area (Å²) in [5.74, 6) is 0.134. The summed E-state index contributed by atoms with van der Waals surface area (Å²) in [4.78, 5) is 25.4. The van der Waals surface area contributed by atoms with Crippen LogP contribution in [-0.2, 0) is 17.8 Å². The van der Waals surface area contributed by atoms with Crippen molar-refractivity contribution in [3.63, 3.8) is 0 Å². The van der Waals surface area contributed by atoms with Crippen molar-refractivity contribution in [1.29, 1.82) is 0 Å². The van der Waals surface area contributed by atoms with Gasteiger partial charge in [-0.05, 0) is 29.5 Å². The van der Waals surface area contributed by atoms with E-state index in [4.69, 9.17) is 16.3 Å². The Labute approximate surface area is 141 Å². The molecule has 0 spiro atoms. The predicted molar refractivity (Wildman–Crippen MR) is 87.0 cm³/mol. The van der Waals surface area contributed by atoms with Gasteiger partial charge in [-0.2, -0.15) is 0 Å². The molecule has 1 aromatic carbocycles. The maximum atomic E-state index is 12.2. The van der Waals surface area contributed by atoms with Crippen LogP contribution in [0, 0.1) is 10.1 Å². The number of hydrogen-bond donors (Lipinski definition) is 0. The monoisotopic (exact) mass is 352 g/mol. The number of amides is 1. The molecule has 3 rings (SSSR count). The van der Waals surface area contributed by atoms with Gasteiger partial charge in [0.2, 0.25) is 0 Å². The number of hydrogen-bond acceptors (Lipinski definition) is 5. The number of nitro groups is 1. The van der Waals surface area contributed by atoms with Gasteiger partial charge in [0.1, 0.15) is 5.75 Å². The Morgan fingerprint density at radius 2 is 2.26 bits per heavy atom. The van der Waals surface area contributed by atoms with Gasteiger partial charge in [0.05, 0.1) is 9.95 Å². The number of ether oxygens (including phenoxy) is 1. The lowest BCUT2D eigenvalue weighted by atomic mass is 10.1. The van der Waals surface area contributed by atoms with Crippen LogP contribution in [0.4, 0.5) is 5.69 Å². The van der Waals surface area contributed by atoms with Gasteiger partial charge in [-0.3, -0.25) is 14.9 Å². The maximum absolute atomic E-state index is 12.2. The van der Waals surface area contributed by atoms with E-state index in [0.717, 1.165) is 6.42 Å². The summed E-state index contributed by atoms with van der Waals surface area (Å²) in [6, 6.07) is 5.94. The van der Waals surface area contributed by atoms with Crippen molar-refractivity contribution in [2.45, 2.75) is 13.0 Å². The first kappa shape index (κ1) is 15.8. The second-order valence-corrected chi connectivity index (χ2v) is 6.50. The van der Waals surface area contributed by atoms with Crippen LogP contribution in [0.2, 0.25) is 5.02 Å². The molecule has 0 fully saturated rings. The van der Waals surface area contributed by atoms with Crippen molar-refractivity contribution in [3.8, 4) is 5.75 Å². The fraction of sp³-hybridized carbons (Fsp3) is 0.267. The first-order chi connectivity index (χ1) is 11.0. The van der Waals surface area contributed by atoms with Crippen molar-refractivity contribution in [1.82, 2.24) is 4.90 Å². The van der Waals surface area contributed by atoms with Crippen LogP contribution in [0.1, 0.15) is 10.4 Å². The molecular formula is C15H13ClN2O4S. The van der Waals surface area contributed by atoms with Crippen molar-refractivity contribution in [3.05, 3.63) is 55.2 Å². The number of halogens is 1. The van der Waals surface area contributed by atoms with Gasteiger partial charge in [-0.25, -0.2) is 0 Å². The van der Waals surface area contributed by atoms with Crippen LogP contribution in [0.15, 0.2) is 29.6 Å². The summed E-state index contributed by atoms with van der Waals surface area (Å²) in [6.45, 7) is 1.12. The van der Waals surface area contributed by atoms with Crippen LogP contribution >= 0.6 is 22.9 Å². The topological polar surface area (TPSA) is 72.7 Å². The van der Waals surface area contributed by atoms with Gasteiger partial charge >= 0.3 is 0 Å². The summed E-state index contributed by atoms with van der Waals surface area (Å²) in [6.07, 6.45) is 0.858. The minimum absolute atomic E-state index is 0.116. The van der Waals surface area contributed by atoms with E-state index >= 15 is 0 Å². The number of non-ortho nitro benzene ring substituents is 1. The van der Waals surface area contributed by atoms with E-state index in [-0.39, 0.29) is 29.0 Å². The summed E-state index contributed by atoms with van der Waals surface area (Å²) >= 11 is 7.66. The Kier molecular flexibility index (Phi) is 4.49. The molecule has 0 saturated carbocycles. The molecule has 0 aliphatic carbocycles. The van der Waals surface area contributed by atoms with Crippen LogP contribution in [0.25, 0.3) is 0 Å². The number of rotatable bonds is 4. The Hall–Kier alpha value is -2.12.